The summed E-state index contributed by atoms with van der Waals surface area (Å²) in [7, 11) is 0. The van der Waals surface area contributed by atoms with Gasteiger partial charge in [0.1, 0.15) is 17.0 Å². The van der Waals surface area contributed by atoms with Crippen molar-refractivity contribution >= 4 is 33.7 Å². The molecule has 0 spiro atoms. The van der Waals surface area contributed by atoms with E-state index in [1.165, 1.54) is 0 Å². The average Bonchev–Trinajstić information content (AvgIpc) is 3.29. The van der Waals surface area contributed by atoms with Gasteiger partial charge in [-0.05, 0) is 49.2 Å². The van der Waals surface area contributed by atoms with Crippen LogP contribution in [0.15, 0.2) is 85.2 Å². The van der Waals surface area contributed by atoms with Gasteiger partial charge in [0, 0.05) is 24.0 Å². The van der Waals surface area contributed by atoms with Crippen molar-refractivity contribution in [2.75, 3.05) is 12.3 Å². The molecule has 1 amide bonds. The van der Waals surface area contributed by atoms with Crippen molar-refractivity contribution in [1.82, 2.24) is 19.9 Å². The van der Waals surface area contributed by atoms with Crippen molar-refractivity contribution in [3.05, 3.63) is 90.8 Å². The molecule has 3 aromatic carbocycles. The van der Waals surface area contributed by atoms with Gasteiger partial charge in [-0.1, -0.05) is 42.5 Å². The smallest absolute Gasteiger partial charge is 0.251 e. The van der Waals surface area contributed by atoms with Crippen LogP contribution in [-0.4, -0.2) is 27.0 Å². The van der Waals surface area contributed by atoms with Gasteiger partial charge in [0.15, 0.2) is 5.82 Å². The minimum absolute atomic E-state index is 0.114. The number of nitrogen functional groups attached to an aromatic ring is 1. The predicted molar refractivity (Wildman–Crippen MR) is 134 cm³/mol. The van der Waals surface area contributed by atoms with Crippen LogP contribution in [0.25, 0.3) is 21.9 Å². The number of pyridine rings is 1. The summed E-state index contributed by atoms with van der Waals surface area (Å²) in [6.45, 7) is 1.36. The number of hydrogen-bond donors (Lipinski definition) is 2. The van der Waals surface area contributed by atoms with Gasteiger partial charge >= 0.3 is 0 Å². The zero-order chi connectivity index (χ0) is 23.3. The zero-order valence-corrected chi connectivity index (χ0v) is 18.6. The van der Waals surface area contributed by atoms with Gasteiger partial charge in [0.2, 0.25) is 0 Å². The Labute approximate surface area is 197 Å². The molecule has 0 bridgehead atoms. The van der Waals surface area contributed by atoms with Crippen molar-refractivity contribution in [1.29, 1.82) is 0 Å². The molecule has 0 saturated carbocycles. The lowest BCUT2D eigenvalue weighted by Gasteiger charge is -2.09. The van der Waals surface area contributed by atoms with E-state index in [1.54, 1.807) is 12.1 Å². The number of aryl methyl sites for hydroxylation is 1. The van der Waals surface area contributed by atoms with E-state index in [9.17, 15) is 4.79 Å². The molecule has 5 aromatic rings. The molecule has 0 aliphatic heterocycles. The SMILES string of the molecule is Nc1nc2ccccc2c2c1ncn2CCCCNC(=O)c1cccc(Oc2ccccc2)c1. The molecular weight excluding hydrogens is 426 g/mol. The van der Waals surface area contributed by atoms with Crippen molar-refractivity contribution in [3.8, 4) is 11.5 Å². The van der Waals surface area contributed by atoms with Crippen LogP contribution in [0.3, 0.4) is 0 Å². The number of aromatic nitrogens is 3. The molecule has 7 nitrogen and oxygen atoms in total. The second-order valence-corrected chi connectivity index (χ2v) is 8.06. The number of imidazole rings is 1. The Morgan fingerprint density at radius 3 is 2.62 bits per heavy atom. The molecule has 0 saturated heterocycles. The van der Waals surface area contributed by atoms with E-state index in [1.807, 2.05) is 73.1 Å². The number of nitrogens with zero attached hydrogens (tertiary/aromatic N) is 3. The van der Waals surface area contributed by atoms with Crippen LogP contribution in [-0.2, 0) is 6.54 Å². The molecular formula is C27H25N5O2. The molecule has 5 rings (SSSR count). The number of carbonyl (C=O) groups excluding carboxylic acids is 1. The first-order valence-corrected chi connectivity index (χ1v) is 11.3. The highest BCUT2D eigenvalue weighted by molar-refractivity contribution is 6.06. The first kappa shape index (κ1) is 21.5. The number of para-hydroxylation sites is 2. The van der Waals surface area contributed by atoms with Crippen LogP contribution in [0.5, 0.6) is 11.5 Å². The summed E-state index contributed by atoms with van der Waals surface area (Å²) >= 11 is 0. The van der Waals surface area contributed by atoms with Gasteiger partial charge in [0.05, 0.1) is 17.4 Å². The highest BCUT2D eigenvalue weighted by atomic mass is 16.5. The summed E-state index contributed by atoms with van der Waals surface area (Å²) < 4.78 is 7.94. The number of unbranched alkanes of at least 4 members (excludes halogenated alkanes) is 1. The Hall–Kier alpha value is -4.39. The summed E-state index contributed by atoms with van der Waals surface area (Å²) in [5.74, 6) is 1.69. The Bertz CT molecular complexity index is 1450. The summed E-state index contributed by atoms with van der Waals surface area (Å²) in [5, 5.41) is 4.03. The van der Waals surface area contributed by atoms with E-state index in [2.05, 4.69) is 19.9 Å². The number of amides is 1. The maximum Gasteiger partial charge on any atom is 0.251 e. The fourth-order valence-electron chi connectivity index (χ4n) is 4.01. The summed E-state index contributed by atoms with van der Waals surface area (Å²) in [6, 6.07) is 24.6. The van der Waals surface area contributed by atoms with Crippen LogP contribution in [0.1, 0.15) is 23.2 Å². The second kappa shape index (κ2) is 9.62. The molecule has 7 heteroatoms. The number of nitrogens with one attached hydrogen (secondary N) is 1. The second-order valence-electron chi connectivity index (χ2n) is 8.06. The van der Waals surface area contributed by atoms with Crippen molar-refractivity contribution in [3.63, 3.8) is 0 Å². The lowest BCUT2D eigenvalue weighted by atomic mass is 10.2. The van der Waals surface area contributed by atoms with Gasteiger partial charge in [-0.2, -0.15) is 0 Å². The number of benzene rings is 3. The number of carbonyl (C=O) groups is 1. The van der Waals surface area contributed by atoms with E-state index >= 15 is 0 Å². The van der Waals surface area contributed by atoms with Crippen molar-refractivity contribution in [2.45, 2.75) is 19.4 Å². The molecule has 0 atom stereocenters. The van der Waals surface area contributed by atoms with E-state index in [0.29, 0.717) is 23.7 Å². The summed E-state index contributed by atoms with van der Waals surface area (Å²) in [5.41, 5.74) is 9.27. The first-order valence-electron chi connectivity index (χ1n) is 11.3. The highest BCUT2D eigenvalue weighted by Crippen LogP contribution is 2.27. The molecule has 0 unspecified atom stereocenters. The molecule has 0 radical (unpaired) electrons. The Balaban J connectivity index is 1.17. The topological polar surface area (TPSA) is 95.1 Å². The Morgan fingerprint density at radius 2 is 1.74 bits per heavy atom. The minimum Gasteiger partial charge on any atom is -0.457 e. The van der Waals surface area contributed by atoms with Crippen LogP contribution in [0, 0.1) is 0 Å². The lowest BCUT2D eigenvalue weighted by Crippen LogP contribution is -2.24. The Kier molecular flexibility index (Phi) is 6.07. The number of ether oxygens (including phenoxy) is 1. The van der Waals surface area contributed by atoms with E-state index in [4.69, 9.17) is 10.5 Å². The van der Waals surface area contributed by atoms with E-state index in [0.717, 1.165) is 47.1 Å². The van der Waals surface area contributed by atoms with E-state index in [-0.39, 0.29) is 5.91 Å². The van der Waals surface area contributed by atoms with Crippen LogP contribution in [0.2, 0.25) is 0 Å². The highest BCUT2D eigenvalue weighted by Gasteiger charge is 2.12. The molecule has 2 heterocycles. The fraction of sp³-hybridized carbons (Fsp3) is 0.148. The number of anilines is 1. The number of hydrogen-bond acceptors (Lipinski definition) is 5. The predicted octanol–water partition coefficient (Wildman–Crippen LogP) is 5.17. The van der Waals surface area contributed by atoms with Crippen molar-refractivity contribution in [2.24, 2.45) is 0 Å². The third-order valence-corrected chi connectivity index (χ3v) is 5.67. The zero-order valence-electron chi connectivity index (χ0n) is 18.6. The molecule has 170 valence electrons. The monoisotopic (exact) mass is 451 g/mol. The van der Waals surface area contributed by atoms with Gasteiger partial charge in [-0.25, -0.2) is 9.97 Å². The molecule has 0 fully saturated rings. The molecule has 0 aliphatic carbocycles. The van der Waals surface area contributed by atoms with Gasteiger partial charge < -0.3 is 20.4 Å². The minimum atomic E-state index is -0.114. The maximum atomic E-state index is 12.6. The quantitative estimate of drug-likeness (QED) is 0.317. The third kappa shape index (κ3) is 4.54. The molecule has 0 aliphatic rings. The molecule has 3 N–H and O–H groups in total. The lowest BCUT2D eigenvalue weighted by molar-refractivity contribution is 0.0952. The van der Waals surface area contributed by atoms with Crippen LogP contribution >= 0.6 is 0 Å². The number of rotatable bonds is 8. The maximum absolute atomic E-state index is 12.6. The van der Waals surface area contributed by atoms with Crippen LogP contribution in [0.4, 0.5) is 5.82 Å². The summed E-state index contributed by atoms with van der Waals surface area (Å²) in [6.07, 6.45) is 3.54. The standard InChI is InChI=1S/C27H25N5O2/c28-26-24-25(22-13-4-5-14-23(22)31-26)32(18-30-24)16-7-6-15-29-27(33)19-9-8-12-21(17-19)34-20-10-2-1-3-11-20/h1-5,8-14,17-18H,6-7,15-16H2,(H2,28,31)(H,29,33). The normalized spacial score (nSPS) is 11.1. The number of fused-ring (bicyclic) bond motifs is 3. The average molecular weight is 452 g/mol. The Morgan fingerprint density at radius 1 is 0.941 bits per heavy atom. The summed E-state index contributed by atoms with van der Waals surface area (Å²) in [4.78, 5) is 21.5. The molecule has 34 heavy (non-hydrogen) atoms. The van der Waals surface area contributed by atoms with Crippen molar-refractivity contribution < 1.29 is 9.53 Å². The molecule has 2 aromatic heterocycles. The van der Waals surface area contributed by atoms with Crippen LogP contribution < -0.4 is 15.8 Å². The largest absolute Gasteiger partial charge is 0.457 e. The number of nitrogens with two attached hydrogens (primary N) is 1. The van der Waals surface area contributed by atoms with Gasteiger partial charge in [0.25, 0.3) is 5.91 Å². The van der Waals surface area contributed by atoms with E-state index < -0.39 is 0 Å². The third-order valence-electron chi connectivity index (χ3n) is 5.67. The van der Waals surface area contributed by atoms with Gasteiger partial charge in [-0.15, -0.1) is 0 Å². The van der Waals surface area contributed by atoms with Gasteiger partial charge in [-0.3, -0.25) is 4.79 Å². The first-order chi connectivity index (χ1) is 16.7. The fourth-order valence-corrected chi connectivity index (χ4v) is 4.01.